The van der Waals surface area contributed by atoms with Gasteiger partial charge in [0, 0.05) is 28.0 Å². The van der Waals surface area contributed by atoms with Crippen molar-refractivity contribution in [1.82, 2.24) is 4.98 Å². The second-order valence-electron chi connectivity index (χ2n) is 8.52. The third-order valence-electron chi connectivity index (χ3n) is 5.84. The Balaban J connectivity index is 1.29. The molecule has 0 bridgehead atoms. The van der Waals surface area contributed by atoms with Crippen molar-refractivity contribution in [2.24, 2.45) is 0 Å². The Morgan fingerprint density at radius 2 is 1.68 bits per heavy atom. The number of ether oxygens (including phenoxy) is 1. The number of carbonyl (C=O) groups excluding carboxylic acids is 1. The number of unbranched alkanes of at least 4 members (excludes halogenated alkanes) is 3. The van der Waals surface area contributed by atoms with Gasteiger partial charge in [0.25, 0.3) is 5.91 Å². The molecule has 0 aliphatic heterocycles. The van der Waals surface area contributed by atoms with E-state index in [1.54, 1.807) is 0 Å². The zero-order valence-electron chi connectivity index (χ0n) is 19.6. The number of nitrogens with one attached hydrogen (secondary N) is 1. The van der Waals surface area contributed by atoms with Gasteiger partial charge >= 0.3 is 0 Å². The van der Waals surface area contributed by atoms with Crippen molar-refractivity contribution < 1.29 is 9.53 Å². The first-order valence-corrected chi connectivity index (χ1v) is 11.8. The first kappa shape index (κ1) is 23.3. The summed E-state index contributed by atoms with van der Waals surface area (Å²) >= 11 is 0. The van der Waals surface area contributed by atoms with Crippen LogP contribution in [0.5, 0.6) is 5.75 Å². The lowest BCUT2D eigenvalue weighted by Gasteiger charge is -2.12. The summed E-state index contributed by atoms with van der Waals surface area (Å²) in [7, 11) is 0. The Bertz CT molecular complexity index is 1250. The van der Waals surface area contributed by atoms with Crippen LogP contribution in [0.4, 0.5) is 11.4 Å². The number of nitrogens with two attached hydrogens (primary N) is 1. The zero-order chi connectivity index (χ0) is 23.8. The lowest BCUT2D eigenvalue weighted by molar-refractivity contribution is 0.102. The van der Waals surface area contributed by atoms with Gasteiger partial charge in [-0.05, 0) is 74.2 Å². The van der Waals surface area contributed by atoms with E-state index >= 15 is 0 Å². The van der Waals surface area contributed by atoms with Gasteiger partial charge in [0.2, 0.25) is 0 Å². The van der Waals surface area contributed by atoms with Crippen LogP contribution in [0.1, 0.15) is 47.3 Å². The standard InChI is InChI=1S/C29H31N3O2/c1-21-19-27(30)26-20-23(16-17-28(26)31-21)32-29(33)25-15-9-8-12-22(25)11-5-2-3-10-18-34-24-13-6-4-7-14-24/h4,6-9,12-17,19-20H,2-3,5,10-11,18H2,1H3,(H2,30,31)(H,32,33). The fourth-order valence-corrected chi connectivity index (χ4v) is 4.10. The number of pyridine rings is 1. The number of carbonyl (C=O) groups is 1. The summed E-state index contributed by atoms with van der Waals surface area (Å²) in [6.45, 7) is 2.65. The van der Waals surface area contributed by atoms with Gasteiger partial charge in [0.15, 0.2) is 0 Å². The number of hydrogen-bond donors (Lipinski definition) is 2. The largest absolute Gasteiger partial charge is 0.494 e. The van der Waals surface area contributed by atoms with Crippen molar-refractivity contribution in [2.75, 3.05) is 17.7 Å². The van der Waals surface area contributed by atoms with Crippen LogP contribution in [0.3, 0.4) is 0 Å². The fourth-order valence-electron chi connectivity index (χ4n) is 4.10. The molecule has 34 heavy (non-hydrogen) atoms. The van der Waals surface area contributed by atoms with Crippen LogP contribution >= 0.6 is 0 Å². The quantitative estimate of drug-likeness (QED) is 0.267. The molecule has 5 heteroatoms. The summed E-state index contributed by atoms with van der Waals surface area (Å²) in [6.07, 6.45) is 5.14. The van der Waals surface area contributed by atoms with Gasteiger partial charge in [0.1, 0.15) is 5.75 Å². The van der Waals surface area contributed by atoms with Gasteiger partial charge in [-0.15, -0.1) is 0 Å². The first-order chi connectivity index (χ1) is 16.6. The Labute approximate surface area is 201 Å². The average molecular weight is 454 g/mol. The maximum absolute atomic E-state index is 13.0. The van der Waals surface area contributed by atoms with Crippen molar-refractivity contribution in [3.05, 3.63) is 95.7 Å². The van der Waals surface area contributed by atoms with Gasteiger partial charge in [0.05, 0.1) is 12.1 Å². The predicted molar refractivity (Wildman–Crippen MR) is 139 cm³/mol. The van der Waals surface area contributed by atoms with Crippen LogP contribution in [0.15, 0.2) is 78.9 Å². The monoisotopic (exact) mass is 453 g/mol. The molecule has 174 valence electrons. The van der Waals surface area contributed by atoms with E-state index in [1.165, 1.54) is 0 Å². The average Bonchev–Trinajstić information content (AvgIpc) is 2.84. The summed E-state index contributed by atoms with van der Waals surface area (Å²) in [5.74, 6) is 0.813. The van der Waals surface area contributed by atoms with Crippen LogP contribution in [0.25, 0.3) is 10.9 Å². The minimum Gasteiger partial charge on any atom is -0.494 e. The molecule has 0 atom stereocenters. The maximum Gasteiger partial charge on any atom is 0.255 e. The SMILES string of the molecule is Cc1cc(N)c2cc(NC(=O)c3ccccc3CCCCCCOc3ccccc3)ccc2n1. The Morgan fingerprint density at radius 1 is 0.912 bits per heavy atom. The zero-order valence-corrected chi connectivity index (χ0v) is 19.6. The van der Waals surface area contributed by atoms with Crippen molar-refractivity contribution in [2.45, 2.75) is 39.0 Å². The van der Waals surface area contributed by atoms with Crippen LogP contribution in [0.2, 0.25) is 0 Å². The summed E-state index contributed by atoms with van der Waals surface area (Å²) in [4.78, 5) is 17.5. The minimum absolute atomic E-state index is 0.107. The van der Waals surface area contributed by atoms with Crippen LogP contribution in [-0.2, 0) is 6.42 Å². The lowest BCUT2D eigenvalue weighted by atomic mass is 10.00. The third kappa shape index (κ3) is 6.13. The van der Waals surface area contributed by atoms with Crippen molar-refractivity contribution in [3.8, 4) is 5.75 Å². The summed E-state index contributed by atoms with van der Waals surface area (Å²) in [6, 6.07) is 25.2. The molecule has 3 N–H and O–H groups in total. The first-order valence-electron chi connectivity index (χ1n) is 11.8. The number of nitrogen functional groups attached to an aromatic ring is 1. The summed E-state index contributed by atoms with van der Waals surface area (Å²) in [5, 5.41) is 3.87. The van der Waals surface area contributed by atoms with E-state index in [2.05, 4.69) is 10.3 Å². The number of fused-ring (bicyclic) bond motifs is 1. The van der Waals surface area contributed by atoms with E-state index in [0.717, 1.165) is 66.6 Å². The highest BCUT2D eigenvalue weighted by molar-refractivity contribution is 6.06. The van der Waals surface area contributed by atoms with Crippen LogP contribution < -0.4 is 15.8 Å². The van der Waals surface area contributed by atoms with Crippen molar-refractivity contribution >= 4 is 28.2 Å². The second-order valence-corrected chi connectivity index (χ2v) is 8.52. The molecular formula is C29H31N3O2. The predicted octanol–water partition coefficient (Wildman–Crippen LogP) is 6.56. The topological polar surface area (TPSA) is 77.2 Å². The number of para-hydroxylation sites is 1. The van der Waals surface area contributed by atoms with E-state index < -0.39 is 0 Å². The molecular weight excluding hydrogens is 422 g/mol. The van der Waals surface area contributed by atoms with E-state index in [0.29, 0.717) is 16.9 Å². The van der Waals surface area contributed by atoms with Crippen molar-refractivity contribution in [3.63, 3.8) is 0 Å². The number of amides is 1. The van der Waals surface area contributed by atoms with E-state index in [4.69, 9.17) is 10.5 Å². The third-order valence-corrected chi connectivity index (χ3v) is 5.84. The van der Waals surface area contributed by atoms with Gasteiger partial charge in [-0.3, -0.25) is 9.78 Å². The summed E-state index contributed by atoms with van der Waals surface area (Å²) in [5.41, 5.74) is 11.0. The molecule has 0 radical (unpaired) electrons. The highest BCUT2D eigenvalue weighted by atomic mass is 16.5. The maximum atomic E-state index is 13.0. The molecule has 1 aromatic heterocycles. The Hall–Kier alpha value is -3.86. The molecule has 0 spiro atoms. The smallest absolute Gasteiger partial charge is 0.255 e. The molecule has 0 saturated carbocycles. The minimum atomic E-state index is -0.107. The fraction of sp³-hybridized carbons (Fsp3) is 0.241. The van der Waals surface area contributed by atoms with Crippen LogP contribution in [0, 0.1) is 6.92 Å². The molecule has 0 saturated heterocycles. The molecule has 4 aromatic rings. The molecule has 3 aromatic carbocycles. The molecule has 1 heterocycles. The molecule has 0 aliphatic rings. The highest BCUT2D eigenvalue weighted by Gasteiger charge is 2.12. The molecule has 1 amide bonds. The summed E-state index contributed by atoms with van der Waals surface area (Å²) < 4.78 is 5.75. The second kappa shape index (κ2) is 11.3. The molecule has 4 rings (SSSR count). The molecule has 0 fully saturated rings. The number of rotatable bonds is 10. The number of nitrogens with zero attached hydrogens (tertiary/aromatic N) is 1. The van der Waals surface area contributed by atoms with Crippen LogP contribution in [-0.4, -0.2) is 17.5 Å². The number of aryl methyl sites for hydroxylation is 2. The number of hydrogen-bond acceptors (Lipinski definition) is 4. The van der Waals surface area contributed by atoms with E-state index in [-0.39, 0.29) is 5.91 Å². The van der Waals surface area contributed by atoms with Crippen molar-refractivity contribution in [1.29, 1.82) is 0 Å². The molecule has 0 aliphatic carbocycles. The van der Waals surface area contributed by atoms with Gasteiger partial charge < -0.3 is 15.8 Å². The number of benzene rings is 3. The van der Waals surface area contributed by atoms with Gasteiger partial charge in [-0.25, -0.2) is 0 Å². The Kier molecular flexibility index (Phi) is 7.76. The van der Waals surface area contributed by atoms with E-state index in [9.17, 15) is 4.79 Å². The highest BCUT2D eigenvalue weighted by Crippen LogP contribution is 2.25. The normalized spacial score (nSPS) is 10.9. The Morgan fingerprint density at radius 3 is 2.53 bits per heavy atom. The molecule has 5 nitrogen and oxygen atoms in total. The van der Waals surface area contributed by atoms with Gasteiger partial charge in [-0.2, -0.15) is 0 Å². The molecule has 0 unspecified atom stereocenters. The number of anilines is 2. The van der Waals surface area contributed by atoms with Gasteiger partial charge in [-0.1, -0.05) is 49.2 Å². The number of aromatic nitrogens is 1. The van der Waals surface area contributed by atoms with E-state index in [1.807, 2.05) is 85.8 Å². The lowest BCUT2D eigenvalue weighted by Crippen LogP contribution is -2.14.